The zero-order chi connectivity index (χ0) is 19.4. The van der Waals surface area contributed by atoms with E-state index in [0.29, 0.717) is 24.8 Å². The third-order valence-corrected chi connectivity index (χ3v) is 5.51. The minimum Gasteiger partial charge on any atom is -0.467 e. The molecule has 27 heavy (non-hydrogen) atoms. The van der Waals surface area contributed by atoms with Gasteiger partial charge in [-0.3, -0.25) is 9.69 Å². The van der Waals surface area contributed by atoms with Crippen molar-refractivity contribution in [1.29, 1.82) is 0 Å². The summed E-state index contributed by atoms with van der Waals surface area (Å²) >= 11 is 0. The molecule has 2 aliphatic rings. The van der Waals surface area contributed by atoms with Crippen molar-refractivity contribution in [3.05, 3.63) is 48.0 Å². The summed E-state index contributed by atoms with van der Waals surface area (Å²) in [5.74, 6) is 0.357. The molecule has 1 aliphatic carbocycles. The first kappa shape index (κ1) is 19.6. The lowest BCUT2D eigenvalue weighted by molar-refractivity contribution is -0.146. The number of nitrogens with one attached hydrogen (secondary N) is 1. The Morgan fingerprint density at radius 2 is 1.96 bits per heavy atom. The second kappa shape index (κ2) is 8.70. The number of amides is 1. The molecule has 0 radical (unpaired) electrons. The highest BCUT2D eigenvalue weighted by Crippen LogP contribution is 2.33. The second-order valence-electron chi connectivity index (χ2n) is 8.06. The smallest absolute Gasteiger partial charge is 0.328 e. The fraction of sp³-hybridized carbons (Fsp3) is 0.545. The van der Waals surface area contributed by atoms with Gasteiger partial charge in [0.25, 0.3) is 0 Å². The van der Waals surface area contributed by atoms with Gasteiger partial charge in [0.1, 0.15) is 6.04 Å². The number of methoxy groups -OCH3 is 1. The Morgan fingerprint density at radius 1 is 1.22 bits per heavy atom. The van der Waals surface area contributed by atoms with Crippen LogP contribution in [0, 0.1) is 11.8 Å². The summed E-state index contributed by atoms with van der Waals surface area (Å²) in [5.41, 5.74) is 1.13. The van der Waals surface area contributed by atoms with E-state index in [1.165, 1.54) is 7.11 Å². The molecule has 0 spiro atoms. The number of likely N-dealkylation sites (tertiary alicyclic amines) is 1. The molecule has 1 fully saturated rings. The highest BCUT2D eigenvalue weighted by molar-refractivity contribution is 5.87. The summed E-state index contributed by atoms with van der Waals surface area (Å²) in [5, 5.41) is 2.98. The van der Waals surface area contributed by atoms with Crippen molar-refractivity contribution >= 4 is 11.9 Å². The summed E-state index contributed by atoms with van der Waals surface area (Å²) in [7, 11) is 1.37. The van der Waals surface area contributed by atoms with Gasteiger partial charge in [0.2, 0.25) is 5.91 Å². The summed E-state index contributed by atoms with van der Waals surface area (Å²) in [6.07, 6.45) is 6.77. The van der Waals surface area contributed by atoms with Crippen LogP contribution in [0.5, 0.6) is 0 Å². The third-order valence-electron chi connectivity index (χ3n) is 5.51. The van der Waals surface area contributed by atoms with Crippen LogP contribution in [0.25, 0.3) is 0 Å². The fourth-order valence-corrected chi connectivity index (χ4v) is 4.19. The van der Waals surface area contributed by atoms with Crippen LogP contribution in [-0.2, 0) is 20.7 Å². The van der Waals surface area contributed by atoms with E-state index in [1.54, 1.807) is 0 Å². The topological polar surface area (TPSA) is 58.6 Å². The Bertz CT molecular complexity index is 686. The molecule has 3 rings (SSSR count). The van der Waals surface area contributed by atoms with Gasteiger partial charge in [-0.1, -0.05) is 56.3 Å². The molecule has 1 aromatic rings. The van der Waals surface area contributed by atoms with E-state index in [1.807, 2.05) is 32.0 Å². The van der Waals surface area contributed by atoms with Gasteiger partial charge in [-0.2, -0.15) is 0 Å². The molecule has 146 valence electrons. The van der Waals surface area contributed by atoms with E-state index in [2.05, 4.69) is 34.5 Å². The molecule has 0 unspecified atom stereocenters. The van der Waals surface area contributed by atoms with Crippen LogP contribution < -0.4 is 5.32 Å². The van der Waals surface area contributed by atoms with Gasteiger partial charge in [-0.25, -0.2) is 4.79 Å². The number of carbonyl (C=O) groups is 2. The summed E-state index contributed by atoms with van der Waals surface area (Å²) in [6, 6.07) is 9.51. The molecule has 1 aromatic carbocycles. The quantitative estimate of drug-likeness (QED) is 0.564. The van der Waals surface area contributed by atoms with Gasteiger partial charge in [0, 0.05) is 12.6 Å². The van der Waals surface area contributed by atoms with Crippen LogP contribution in [0.3, 0.4) is 0 Å². The molecule has 1 heterocycles. The molecule has 0 saturated carbocycles. The first-order chi connectivity index (χ1) is 13.0. The fourth-order valence-electron chi connectivity index (χ4n) is 4.19. The number of nitrogens with zero attached hydrogens (tertiary/aromatic N) is 1. The molecule has 0 aromatic heterocycles. The number of esters is 1. The Balaban J connectivity index is 1.77. The number of ether oxygens (including phenoxy) is 1. The van der Waals surface area contributed by atoms with E-state index in [0.717, 1.165) is 18.5 Å². The molecule has 4 atom stereocenters. The maximum absolute atomic E-state index is 13.2. The minimum atomic E-state index is -0.601. The van der Waals surface area contributed by atoms with E-state index >= 15 is 0 Å². The van der Waals surface area contributed by atoms with Gasteiger partial charge < -0.3 is 10.1 Å². The van der Waals surface area contributed by atoms with E-state index in [-0.39, 0.29) is 23.8 Å². The lowest BCUT2D eigenvalue weighted by Gasteiger charge is -2.33. The molecule has 1 aliphatic heterocycles. The molecule has 5 nitrogen and oxygen atoms in total. The SMILES string of the molecule is COC(=O)[C@H](CC(C)C)NC(=O)[C@@H](Cc1ccccc1)N1C[C@H]2C=C[C@H]1C2. The van der Waals surface area contributed by atoms with Crippen LogP contribution in [0.1, 0.15) is 32.3 Å². The molecule has 1 amide bonds. The number of rotatable bonds is 8. The molecular weight excluding hydrogens is 340 g/mol. The van der Waals surface area contributed by atoms with Gasteiger partial charge in [-0.15, -0.1) is 0 Å². The van der Waals surface area contributed by atoms with E-state index < -0.39 is 6.04 Å². The number of hydrogen-bond acceptors (Lipinski definition) is 4. The highest BCUT2D eigenvalue weighted by atomic mass is 16.5. The lowest BCUT2D eigenvalue weighted by atomic mass is 10.00. The molecule has 5 heteroatoms. The monoisotopic (exact) mass is 370 g/mol. The Kier molecular flexibility index (Phi) is 6.32. The van der Waals surface area contributed by atoms with Gasteiger partial charge in [0.15, 0.2) is 0 Å². The van der Waals surface area contributed by atoms with Crippen molar-refractivity contribution in [2.24, 2.45) is 11.8 Å². The van der Waals surface area contributed by atoms with Crippen LogP contribution in [-0.4, -0.2) is 48.6 Å². The predicted molar refractivity (Wildman–Crippen MR) is 105 cm³/mol. The normalized spacial score (nSPS) is 23.4. The average Bonchev–Trinajstić information content (AvgIpc) is 3.28. The zero-order valence-electron chi connectivity index (χ0n) is 16.4. The zero-order valence-corrected chi connectivity index (χ0v) is 16.4. The standard InChI is InChI=1S/C22H30N2O3/c1-15(2)11-19(22(26)27-3)23-21(25)20(13-16-7-5-4-6-8-16)24-14-17-9-10-18(24)12-17/h4-10,15,17-20H,11-14H2,1-3H3,(H,23,25)/t17-,18-,19-,20+/m0/s1. The maximum Gasteiger partial charge on any atom is 0.328 e. The van der Waals surface area contributed by atoms with Crippen molar-refractivity contribution in [2.75, 3.05) is 13.7 Å². The number of hydrogen-bond donors (Lipinski definition) is 1. The van der Waals surface area contributed by atoms with Crippen LogP contribution in [0.4, 0.5) is 0 Å². The first-order valence-corrected chi connectivity index (χ1v) is 9.84. The summed E-state index contributed by atoms with van der Waals surface area (Å²) in [4.78, 5) is 27.7. The van der Waals surface area contributed by atoms with E-state index in [9.17, 15) is 9.59 Å². The highest BCUT2D eigenvalue weighted by Gasteiger charge is 2.41. The number of fused-ring (bicyclic) bond motifs is 2. The number of carbonyl (C=O) groups excluding carboxylic acids is 2. The molecule has 2 bridgehead atoms. The van der Waals surface area contributed by atoms with Crippen LogP contribution >= 0.6 is 0 Å². The Morgan fingerprint density at radius 3 is 2.52 bits per heavy atom. The number of benzene rings is 1. The van der Waals surface area contributed by atoms with Crippen molar-refractivity contribution < 1.29 is 14.3 Å². The maximum atomic E-state index is 13.2. The summed E-state index contributed by atoms with van der Waals surface area (Å²) in [6.45, 7) is 4.97. The van der Waals surface area contributed by atoms with Gasteiger partial charge in [-0.05, 0) is 36.7 Å². The Hall–Kier alpha value is -2.14. The van der Waals surface area contributed by atoms with Crippen LogP contribution in [0.15, 0.2) is 42.5 Å². The second-order valence-corrected chi connectivity index (χ2v) is 8.06. The van der Waals surface area contributed by atoms with Crippen molar-refractivity contribution in [1.82, 2.24) is 10.2 Å². The van der Waals surface area contributed by atoms with Crippen molar-refractivity contribution in [2.45, 2.75) is 51.2 Å². The third kappa shape index (κ3) is 4.78. The van der Waals surface area contributed by atoms with Crippen molar-refractivity contribution in [3.63, 3.8) is 0 Å². The van der Waals surface area contributed by atoms with Crippen molar-refractivity contribution in [3.8, 4) is 0 Å². The first-order valence-electron chi connectivity index (χ1n) is 9.84. The van der Waals surface area contributed by atoms with Crippen LogP contribution in [0.2, 0.25) is 0 Å². The predicted octanol–water partition coefficient (Wildman–Crippen LogP) is 2.56. The van der Waals surface area contributed by atoms with Gasteiger partial charge >= 0.3 is 5.97 Å². The molecule has 1 N–H and O–H groups in total. The molecular formula is C22H30N2O3. The summed E-state index contributed by atoms with van der Waals surface area (Å²) < 4.78 is 4.91. The largest absolute Gasteiger partial charge is 0.467 e. The average molecular weight is 370 g/mol. The minimum absolute atomic E-state index is 0.0872. The Labute approximate surface area is 161 Å². The lowest BCUT2D eigenvalue weighted by Crippen LogP contribution is -2.54. The molecule has 1 saturated heterocycles. The van der Waals surface area contributed by atoms with E-state index in [4.69, 9.17) is 4.74 Å². The van der Waals surface area contributed by atoms with Gasteiger partial charge in [0.05, 0.1) is 13.2 Å².